The summed E-state index contributed by atoms with van der Waals surface area (Å²) >= 11 is 0. The lowest BCUT2D eigenvalue weighted by atomic mass is 10.1. The molecular formula is C11H16N4O. The van der Waals surface area contributed by atoms with Crippen LogP contribution in [0.15, 0.2) is 24.7 Å². The Kier molecular flexibility index (Phi) is 3.05. The summed E-state index contributed by atoms with van der Waals surface area (Å²) in [6.45, 7) is 4.19. The number of fused-ring (bicyclic) bond motifs is 1. The van der Waals surface area contributed by atoms with E-state index in [1.807, 2.05) is 19.9 Å². The number of aliphatic hydroxyl groups excluding tert-OH is 1. The van der Waals surface area contributed by atoms with Crippen molar-refractivity contribution in [1.82, 2.24) is 14.6 Å². The molecule has 0 radical (unpaired) electrons. The van der Waals surface area contributed by atoms with Crippen molar-refractivity contribution in [3.8, 4) is 0 Å². The third kappa shape index (κ3) is 1.99. The molecule has 0 saturated heterocycles. The van der Waals surface area contributed by atoms with Crippen LogP contribution in [0, 0.1) is 5.92 Å². The van der Waals surface area contributed by atoms with Crippen LogP contribution in [0.1, 0.15) is 13.8 Å². The van der Waals surface area contributed by atoms with Gasteiger partial charge in [0.25, 0.3) is 0 Å². The van der Waals surface area contributed by atoms with Gasteiger partial charge in [-0.3, -0.25) is 0 Å². The molecule has 0 saturated carbocycles. The molecule has 2 aromatic heterocycles. The Labute approximate surface area is 94.1 Å². The quantitative estimate of drug-likeness (QED) is 0.811. The number of hydrogen-bond donors (Lipinski definition) is 2. The second-order valence-electron chi connectivity index (χ2n) is 4.03. The molecule has 5 heteroatoms. The van der Waals surface area contributed by atoms with E-state index in [-0.39, 0.29) is 18.6 Å². The Morgan fingerprint density at radius 3 is 3.00 bits per heavy atom. The molecule has 0 aromatic carbocycles. The lowest BCUT2D eigenvalue weighted by Gasteiger charge is -2.20. The molecule has 0 spiro atoms. The third-order valence-electron chi connectivity index (χ3n) is 2.83. The largest absolute Gasteiger partial charge is 0.396 e. The van der Waals surface area contributed by atoms with Crippen LogP contribution in [0.25, 0.3) is 5.52 Å². The maximum atomic E-state index is 9.08. The lowest BCUT2D eigenvalue weighted by Crippen LogP contribution is -2.26. The fourth-order valence-electron chi connectivity index (χ4n) is 1.48. The van der Waals surface area contributed by atoms with Crippen molar-refractivity contribution in [2.75, 3.05) is 11.9 Å². The maximum absolute atomic E-state index is 9.08. The van der Waals surface area contributed by atoms with Crippen LogP contribution >= 0.6 is 0 Å². The van der Waals surface area contributed by atoms with E-state index in [1.54, 1.807) is 23.1 Å². The SMILES string of the molecule is CC(CO)C(C)Nc1nccn2nccc12. The Morgan fingerprint density at radius 2 is 2.25 bits per heavy atom. The van der Waals surface area contributed by atoms with Crippen LogP contribution < -0.4 is 5.32 Å². The van der Waals surface area contributed by atoms with Gasteiger partial charge < -0.3 is 10.4 Å². The van der Waals surface area contributed by atoms with Crippen LogP contribution in [0.5, 0.6) is 0 Å². The second-order valence-corrected chi connectivity index (χ2v) is 4.03. The third-order valence-corrected chi connectivity index (χ3v) is 2.83. The summed E-state index contributed by atoms with van der Waals surface area (Å²) in [5, 5.41) is 16.5. The van der Waals surface area contributed by atoms with Gasteiger partial charge in [0.2, 0.25) is 0 Å². The van der Waals surface area contributed by atoms with E-state index in [1.165, 1.54) is 0 Å². The first-order chi connectivity index (χ1) is 7.72. The zero-order chi connectivity index (χ0) is 11.5. The zero-order valence-corrected chi connectivity index (χ0v) is 9.46. The van der Waals surface area contributed by atoms with Crippen molar-refractivity contribution >= 4 is 11.3 Å². The van der Waals surface area contributed by atoms with Gasteiger partial charge in [-0.2, -0.15) is 5.10 Å². The number of anilines is 1. The number of aromatic nitrogens is 3. The van der Waals surface area contributed by atoms with Crippen molar-refractivity contribution in [2.45, 2.75) is 19.9 Å². The highest BCUT2D eigenvalue weighted by atomic mass is 16.3. The first-order valence-electron chi connectivity index (χ1n) is 5.38. The molecule has 0 amide bonds. The Morgan fingerprint density at radius 1 is 1.44 bits per heavy atom. The van der Waals surface area contributed by atoms with E-state index in [9.17, 15) is 0 Å². The lowest BCUT2D eigenvalue weighted by molar-refractivity contribution is 0.226. The Hall–Kier alpha value is -1.62. The monoisotopic (exact) mass is 220 g/mol. The number of aliphatic hydroxyl groups is 1. The van der Waals surface area contributed by atoms with Gasteiger partial charge in [-0.1, -0.05) is 6.92 Å². The van der Waals surface area contributed by atoms with Gasteiger partial charge in [0.1, 0.15) is 5.52 Å². The molecular weight excluding hydrogens is 204 g/mol. The van der Waals surface area contributed by atoms with E-state index in [2.05, 4.69) is 15.4 Å². The van der Waals surface area contributed by atoms with E-state index in [4.69, 9.17) is 5.11 Å². The van der Waals surface area contributed by atoms with E-state index in [0.29, 0.717) is 0 Å². The molecule has 0 aliphatic carbocycles. The van der Waals surface area contributed by atoms with Crippen LogP contribution in [0.2, 0.25) is 0 Å². The zero-order valence-electron chi connectivity index (χ0n) is 9.46. The highest BCUT2D eigenvalue weighted by Crippen LogP contribution is 2.15. The van der Waals surface area contributed by atoms with Gasteiger partial charge in [-0.15, -0.1) is 0 Å². The summed E-state index contributed by atoms with van der Waals surface area (Å²) in [6, 6.07) is 2.07. The first kappa shape index (κ1) is 10.9. The minimum Gasteiger partial charge on any atom is -0.396 e. The van der Waals surface area contributed by atoms with Gasteiger partial charge in [0.05, 0.1) is 6.20 Å². The number of rotatable bonds is 4. The van der Waals surface area contributed by atoms with Gasteiger partial charge in [-0.25, -0.2) is 9.50 Å². The first-order valence-corrected chi connectivity index (χ1v) is 5.38. The van der Waals surface area contributed by atoms with Crippen LogP contribution in [-0.4, -0.2) is 32.4 Å². The molecule has 0 bridgehead atoms. The van der Waals surface area contributed by atoms with E-state index in [0.717, 1.165) is 11.3 Å². The summed E-state index contributed by atoms with van der Waals surface area (Å²) in [7, 11) is 0. The van der Waals surface area contributed by atoms with E-state index < -0.39 is 0 Å². The standard InChI is InChI=1S/C11H16N4O/c1-8(7-16)9(2)14-11-10-3-4-13-15(10)6-5-12-11/h3-6,8-9,16H,7H2,1-2H3,(H,12,14). The molecule has 0 fully saturated rings. The number of nitrogens with zero attached hydrogens (tertiary/aromatic N) is 3. The topological polar surface area (TPSA) is 62.5 Å². The van der Waals surface area contributed by atoms with Gasteiger partial charge >= 0.3 is 0 Å². The van der Waals surface area contributed by atoms with Crippen LogP contribution in [0.3, 0.4) is 0 Å². The summed E-state index contributed by atoms with van der Waals surface area (Å²) in [6.07, 6.45) is 5.25. The predicted molar refractivity (Wildman–Crippen MR) is 62.3 cm³/mol. The molecule has 2 aromatic rings. The Bertz CT molecular complexity index is 468. The minimum atomic E-state index is 0.163. The van der Waals surface area contributed by atoms with Gasteiger partial charge in [0, 0.05) is 25.0 Å². The molecule has 16 heavy (non-hydrogen) atoms. The molecule has 2 unspecified atom stereocenters. The molecule has 2 atom stereocenters. The highest BCUT2D eigenvalue weighted by molar-refractivity contribution is 5.66. The smallest absolute Gasteiger partial charge is 0.152 e. The molecule has 0 aliphatic rings. The fourth-order valence-corrected chi connectivity index (χ4v) is 1.48. The van der Waals surface area contributed by atoms with E-state index >= 15 is 0 Å². The van der Waals surface area contributed by atoms with Crippen molar-refractivity contribution in [2.24, 2.45) is 5.92 Å². The normalized spacial score (nSPS) is 14.9. The van der Waals surface area contributed by atoms with Crippen LogP contribution in [-0.2, 0) is 0 Å². The molecule has 2 heterocycles. The van der Waals surface area contributed by atoms with Crippen LogP contribution in [0.4, 0.5) is 5.82 Å². The molecule has 2 rings (SSSR count). The minimum absolute atomic E-state index is 0.163. The van der Waals surface area contributed by atoms with Gasteiger partial charge in [0.15, 0.2) is 5.82 Å². The Balaban J connectivity index is 2.23. The molecule has 2 N–H and O–H groups in total. The molecule has 0 aliphatic heterocycles. The number of hydrogen-bond acceptors (Lipinski definition) is 4. The molecule has 5 nitrogen and oxygen atoms in total. The second kappa shape index (κ2) is 4.49. The number of nitrogens with one attached hydrogen (secondary N) is 1. The summed E-state index contributed by atoms with van der Waals surface area (Å²) < 4.78 is 1.77. The fraction of sp³-hybridized carbons (Fsp3) is 0.455. The van der Waals surface area contributed by atoms with Crippen molar-refractivity contribution < 1.29 is 5.11 Å². The summed E-state index contributed by atoms with van der Waals surface area (Å²) in [5.41, 5.74) is 0.944. The van der Waals surface area contributed by atoms with Crippen molar-refractivity contribution in [1.29, 1.82) is 0 Å². The van der Waals surface area contributed by atoms with Gasteiger partial charge in [-0.05, 0) is 18.9 Å². The average molecular weight is 220 g/mol. The summed E-state index contributed by atoms with van der Waals surface area (Å²) in [4.78, 5) is 4.28. The van der Waals surface area contributed by atoms with Crippen molar-refractivity contribution in [3.63, 3.8) is 0 Å². The molecule has 86 valence electrons. The maximum Gasteiger partial charge on any atom is 0.152 e. The predicted octanol–water partition coefficient (Wildman–Crippen LogP) is 1.16. The highest BCUT2D eigenvalue weighted by Gasteiger charge is 2.12. The summed E-state index contributed by atoms with van der Waals surface area (Å²) in [5.74, 6) is 0.984. The van der Waals surface area contributed by atoms with Crippen molar-refractivity contribution in [3.05, 3.63) is 24.7 Å². The average Bonchev–Trinajstić information content (AvgIpc) is 2.77.